The Balaban J connectivity index is 4.83. The Labute approximate surface area is 56.3 Å². The monoisotopic (exact) mass is 139 g/mol. The molecule has 0 saturated carbocycles. The van der Waals surface area contributed by atoms with E-state index in [0.29, 0.717) is 6.92 Å². The molecule has 1 unspecified atom stereocenters. The number of aliphatic carboxylic acids is 1. The first-order chi connectivity index (χ1) is 5.10. The lowest BCUT2D eigenvalue weighted by Crippen LogP contribution is -2.41. The van der Waals surface area contributed by atoms with Gasteiger partial charge in [0.15, 0.2) is 5.78 Å². The molecule has 0 fully saturated rings. The van der Waals surface area contributed by atoms with Gasteiger partial charge >= 0.3 is 5.97 Å². The highest BCUT2D eigenvalue weighted by Gasteiger charge is 2.35. The van der Waals surface area contributed by atoms with Gasteiger partial charge in [0, 0.05) is 4.11 Å². The second-order valence-corrected chi connectivity index (χ2v) is 1.71. The Hall–Kier alpha value is -0.900. The zero-order valence-electron chi connectivity index (χ0n) is 7.71. The lowest BCUT2D eigenvalue weighted by molar-refractivity contribution is -0.162. The Morgan fingerprint density at radius 1 is 1.67 bits per heavy atom. The van der Waals surface area contributed by atoms with Crippen molar-refractivity contribution in [1.82, 2.24) is 0 Å². The van der Waals surface area contributed by atoms with E-state index >= 15 is 0 Å². The van der Waals surface area contributed by atoms with E-state index in [1.807, 2.05) is 0 Å². The molecule has 52 valence electrons. The third-order valence-electron chi connectivity index (χ3n) is 0.859. The molecule has 0 aliphatic rings. The number of aliphatic hydroxyl groups is 1. The number of Topliss-reactive ketones (excluding diaryl/α,β-unsaturated/α-hetero) is 1. The fraction of sp³-hybridized carbons (Fsp3) is 0.600. The third kappa shape index (κ3) is 1.50. The van der Waals surface area contributed by atoms with E-state index in [1.54, 1.807) is 0 Å². The zero-order valence-corrected chi connectivity index (χ0v) is 4.71. The molecular formula is C5H8O4. The second kappa shape index (κ2) is 2.14. The summed E-state index contributed by atoms with van der Waals surface area (Å²) in [6, 6.07) is 0. The molecule has 0 heterocycles. The Kier molecular flexibility index (Phi) is 0.954. The van der Waals surface area contributed by atoms with Gasteiger partial charge < -0.3 is 10.2 Å². The molecular weight excluding hydrogens is 128 g/mol. The molecule has 0 aromatic carbocycles. The number of carbonyl (C=O) groups excluding carboxylic acids is 1. The van der Waals surface area contributed by atoms with Crippen LogP contribution >= 0.6 is 0 Å². The van der Waals surface area contributed by atoms with Gasteiger partial charge in [-0.25, -0.2) is 4.79 Å². The molecule has 0 rings (SSSR count). The van der Waals surface area contributed by atoms with E-state index in [2.05, 4.69) is 0 Å². The first-order valence-electron chi connectivity index (χ1n) is 3.61. The molecule has 4 heteroatoms. The Bertz CT molecular complexity index is 217. The smallest absolute Gasteiger partial charge is 0.343 e. The largest absolute Gasteiger partial charge is 0.479 e. The van der Waals surface area contributed by atoms with Gasteiger partial charge in [0.1, 0.15) is 0 Å². The molecule has 9 heavy (non-hydrogen) atoms. The molecule has 0 bridgehead atoms. The SMILES string of the molecule is [2H]C([2H])([2H])[13C](=O)[13C]([13CH3])(O)[13C](=O)O. The number of ketones is 1. The number of carboxylic acids is 1. The van der Waals surface area contributed by atoms with Crippen LogP contribution in [0.3, 0.4) is 0 Å². The van der Waals surface area contributed by atoms with Crippen LogP contribution in [0.4, 0.5) is 0 Å². The highest BCUT2D eigenvalue weighted by atomic mass is 16.6. The third-order valence-corrected chi connectivity index (χ3v) is 0.859. The maximum atomic E-state index is 10.7. The first-order valence-corrected chi connectivity index (χ1v) is 2.11. The lowest BCUT2D eigenvalue weighted by Gasteiger charge is -2.11. The van der Waals surface area contributed by atoms with Crippen molar-refractivity contribution in [2.24, 2.45) is 0 Å². The van der Waals surface area contributed by atoms with Crippen molar-refractivity contribution in [1.29, 1.82) is 0 Å². The quantitative estimate of drug-likeness (QED) is 0.396. The van der Waals surface area contributed by atoms with Crippen LogP contribution in [0.15, 0.2) is 0 Å². The molecule has 0 aromatic rings. The Morgan fingerprint density at radius 2 is 2.11 bits per heavy atom. The number of carboxylic acid groups (broad SMARTS) is 1. The summed E-state index contributed by atoms with van der Waals surface area (Å²) in [6.45, 7) is -2.47. The number of hydrogen-bond acceptors (Lipinski definition) is 3. The summed E-state index contributed by atoms with van der Waals surface area (Å²) >= 11 is 0. The van der Waals surface area contributed by atoms with Crippen LogP contribution in [0.2, 0.25) is 0 Å². The summed E-state index contributed by atoms with van der Waals surface area (Å²) in [6.07, 6.45) is 0. The maximum Gasteiger partial charge on any atom is 0.343 e. The van der Waals surface area contributed by atoms with Crippen molar-refractivity contribution in [3.8, 4) is 0 Å². The van der Waals surface area contributed by atoms with Crippen molar-refractivity contribution >= 4 is 11.8 Å². The molecule has 0 spiro atoms. The number of rotatable bonds is 2. The predicted octanol–water partition coefficient (Wildman–Crippen LogP) is -0.589. The molecule has 0 amide bonds. The van der Waals surface area contributed by atoms with Gasteiger partial charge in [0.2, 0.25) is 5.60 Å². The molecule has 0 aromatic heterocycles. The Morgan fingerprint density at radius 3 is 2.22 bits per heavy atom. The summed E-state index contributed by atoms with van der Waals surface area (Å²) in [7, 11) is 0. The van der Waals surface area contributed by atoms with E-state index in [4.69, 9.17) is 14.3 Å². The minimum atomic E-state index is -3.10. The van der Waals surface area contributed by atoms with Crippen LogP contribution in [-0.2, 0) is 9.59 Å². The second-order valence-electron chi connectivity index (χ2n) is 1.71. The molecule has 0 radical (unpaired) electrons. The number of hydrogen-bond donors (Lipinski definition) is 2. The summed E-state index contributed by atoms with van der Waals surface area (Å²) < 4.78 is 19.6. The topological polar surface area (TPSA) is 74.6 Å². The minimum Gasteiger partial charge on any atom is -0.479 e. The van der Waals surface area contributed by atoms with Gasteiger partial charge in [0.05, 0.1) is 0 Å². The standard InChI is InChI=1S/C5H8O4/c1-3(6)5(2,9)4(7)8/h9H,1-2H3,(H,7,8)/i1D3,2+1,3+1,4+1,5+1. The average molecular weight is 139 g/mol. The first kappa shape index (κ1) is 4.00. The summed E-state index contributed by atoms with van der Waals surface area (Å²) in [5.41, 5.74) is -2.84. The normalized spacial score (nSPS) is 22.7. The molecule has 0 aliphatic carbocycles. The predicted molar refractivity (Wildman–Crippen MR) is 28.9 cm³/mol. The van der Waals surface area contributed by atoms with Gasteiger partial charge in [-0.15, -0.1) is 0 Å². The summed E-state index contributed by atoms with van der Waals surface area (Å²) in [5.74, 6) is -3.56. The van der Waals surface area contributed by atoms with E-state index in [1.165, 1.54) is 0 Å². The van der Waals surface area contributed by atoms with Gasteiger partial charge in [-0.05, 0) is 13.8 Å². The van der Waals surface area contributed by atoms with Crippen LogP contribution in [0, 0.1) is 0 Å². The highest BCUT2D eigenvalue weighted by molar-refractivity contribution is 6.04. The molecule has 2 N–H and O–H groups in total. The van der Waals surface area contributed by atoms with Crippen molar-refractivity contribution in [3.63, 3.8) is 0 Å². The van der Waals surface area contributed by atoms with Crippen molar-refractivity contribution in [3.05, 3.63) is 0 Å². The lowest BCUT2D eigenvalue weighted by atomic mass is 10.9. The van der Waals surface area contributed by atoms with Crippen molar-refractivity contribution in [2.45, 2.75) is 19.4 Å². The van der Waals surface area contributed by atoms with Crippen LogP contribution in [0.5, 0.6) is 0 Å². The fourth-order valence-corrected chi connectivity index (χ4v) is 0.0971. The van der Waals surface area contributed by atoms with Crippen LogP contribution < -0.4 is 0 Å². The van der Waals surface area contributed by atoms with Crippen molar-refractivity contribution in [2.75, 3.05) is 0 Å². The van der Waals surface area contributed by atoms with E-state index in [0.717, 1.165) is 0 Å². The average Bonchev–Trinajstić information content (AvgIpc) is 1.83. The molecule has 0 aliphatic heterocycles. The molecule has 0 saturated heterocycles. The highest BCUT2D eigenvalue weighted by Crippen LogP contribution is 2.03. The maximum absolute atomic E-state index is 10.7. The van der Waals surface area contributed by atoms with Gasteiger partial charge in [0.25, 0.3) is 0 Å². The van der Waals surface area contributed by atoms with Gasteiger partial charge in [-0.3, -0.25) is 4.79 Å². The summed E-state index contributed by atoms with van der Waals surface area (Å²) in [4.78, 5) is 20.9. The summed E-state index contributed by atoms with van der Waals surface area (Å²) in [5, 5.41) is 17.1. The minimum absolute atomic E-state index is 0.629. The fourth-order valence-electron chi connectivity index (χ4n) is 0.0971. The van der Waals surface area contributed by atoms with Crippen molar-refractivity contribution < 1.29 is 23.9 Å². The van der Waals surface area contributed by atoms with E-state index < -0.39 is 24.2 Å². The van der Waals surface area contributed by atoms with Crippen LogP contribution in [0.1, 0.15) is 17.9 Å². The van der Waals surface area contributed by atoms with E-state index in [-0.39, 0.29) is 0 Å². The van der Waals surface area contributed by atoms with Gasteiger partial charge in [-0.1, -0.05) is 0 Å². The van der Waals surface area contributed by atoms with Gasteiger partial charge in [-0.2, -0.15) is 0 Å². The number of carbonyl (C=O) groups is 2. The molecule has 1 atom stereocenters. The van der Waals surface area contributed by atoms with Crippen LogP contribution in [0.25, 0.3) is 0 Å². The molecule has 4 nitrogen and oxygen atoms in total. The van der Waals surface area contributed by atoms with Crippen LogP contribution in [-0.4, -0.2) is 27.6 Å². The van der Waals surface area contributed by atoms with E-state index in [9.17, 15) is 9.59 Å². The zero-order chi connectivity index (χ0) is 10.2.